The smallest absolute Gasteiger partial charge is 0.182 e. The van der Waals surface area contributed by atoms with Crippen molar-refractivity contribution in [2.45, 2.75) is 6.29 Å². The Balaban J connectivity index is 3.07. The van der Waals surface area contributed by atoms with Gasteiger partial charge in [0.2, 0.25) is 0 Å². The molecule has 1 rings (SSSR count). The highest BCUT2D eigenvalue weighted by Gasteiger charge is 2.12. The van der Waals surface area contributed by atoms with Gasteiger partial charge in [-0.1, -0.05) is 12.1 Å². The Hall–Kier alpha value is -0.450. The van der Waals surface area contributed by atoms with E-state index in [9.17, 15) is 9.50 Å². The first kappa shape index (κ1) is 9.64. The van der Waals surface area contributed by atoms with Gasteiger partial charge in [-0.25, -0.2) is 4.39 Å². The molecule has 0 heterocycles. The van der Waals surface area contributed by atoms with E-state index in [1.165, 1.54) is 19.2 Å². The van der Waals surface area contributed by atoms with Crippen molar-refractivity contribution in [3.05, 3.63) is 34.1 Å². The van der Waals surface area contributed by atoms with Crippen LogP contribution in [0.4, 0.5) is 4.39 Å². The number of ether oxygens (including phenoxy) is 1. The molecular weight excluding hydrogens is 227 g/mol. The SMILES string of the molecule is COC(O)c1cccc(F)c1Br. The lowest BCUT2D eigenvalue weighted by Gasteiger charge is -2.10. The second-order valence-corrected chi connectivity index (χ2v) is 3.02. The first-order valence-electron chi connectivity index (χ1n) is 3.31. The molecular formula is C8H8BrFO2. The van der Waals surface area contributed by atoms with Gasteiger partial charge in [0.15, 0.2) is 6.29 Å². The molecule has 4 heteroatoms. The van der Waals surface area contributed by atoms with Crippen molar-refractivity contribution in [1.82, 2.24) is 0 Å². The van der Waals surface area contributed by atoms with Crippen LogP contribution in [0.1, 0.15) is 11.9 Å². The minimum absolute atomic E-state index is 0.236. The number of aliphatic hydroxyl groups excluding tert-OH is 1. The molecule has 2 nitrogen and oxygen atoms in total. The summed E-state index contributed by atoms with van der Waals surface area (Å²) in [4.78, 5) is 0. The summed E-state index contributed by atoms with van der Waals surface area (Å²) >= 11 is 3.01. The van der Waals surface area contributed by atoms with Gasteiger partial charge >= 0.3 is 0 Å². The minimum Gasteiger partial charge on any atom is -0.364 e. The highest BCUT2D eigenvalue weighted by Crippen LogP contribution is 2.25. The van der Waals surface area contributed by atoms with Gasteiger partial charge in [-0.05, 0) is 22.0 Å². The first-order valence-corrected chi connectivity index (χ1v) is 4.11. The molecule has 0 aliphatic rings. The summed E-state index contributed by atoms with van der Waals surface area (Å²) < 4.78 is 17.7. The molecule has 0 amide bonds. The van der Waals surface area contributed by atoms with E-state index in [2.05, 4.69) is 20.7 Å². The fourth-order valence-electron chi connectivity index (χ4n) is 0.838. The van der Waals surface area contributed by atoms with Crippen LogP contribution in [0, 0.1) is 5.82 Å². The molecule has 0 spiro atoms. The third-order valence-electron chi connectivity index (χ3n) is 1.47. The van der Waals surface area contributed by atoms with Crippen LogP contribution in [0.3, 0.4) is 0 Å². The summed E-state index contributed by atoms with van der Waals surface area (Å²) in [5.41, 5.74) is 0.387. The Morgan fingerprint density at radius 2 is 2.25 bits per heavy atom. The second kappa shape index (κ2) is 3.98. The van der Waals surface area contributed by atoms with E-state index in [1.807, 2.05) is 0 Å². The Morgan fingerprint density at radius 3 is 2.83 bits per heavy atom. The summed E-state index contributed by atoms with van der Waals surface area (Å²) in [6.45, 7) is 0. The van der Waals surface area contributed by atoms with Crippen LogP contribution in [-0.2, 0) is 4.74 Å². The van der Waals surface area contributed by atoms with E-state index in [0.29, 0.717) is 5.56 Å². The quantitative estimate of drug-likeness (QED) is 0.796. The van der Waals surface area contributed by atoms with E-state index in [-0.39, 0.29) is 4.47 Å². The lowest BCUT2D eigenvalue weighted by atomic mass is 10.2. The highest BCUT2D eigenvalue weighted by atomic mass is 79.9. The zero-order valence-electron chi connectivity index (χ0n) is 6.42. The van der Waals surface area contributed by atoms with Crippen LogP contribution in [0.15, 0.2) is 22.7 Å². The molecule has 12 heavy (non-hydrogen) atoms. The van der Waals surface area contributed by atoms with Crippen molar-refractivity contribution in [2.24, 2.45) is 0 Å². The van der Waals surface area contributed by atoms with Crippen molar-refractivity contribution < 1.29 is 14.2 Å². The molecule has 1 aromatic carbocycles. The average molecular weight is 235 g/mol. The van der Waals surface area contributed by atoms with Crippen molar-refractivity contribution in [1.29, 1.82) is 0 Å². The summed E-state index contributed by atoms with van der Waals surface area (Å²) in [7, 11) is 1.35. The number of hydrogen-bond acceptors (Lipinski definition) is 2. The molecule has 0 radical (unpaired) electrons. The van der Waals surface area contributed by atoms with E-state index in [0.717, 1.165) is 0 Å². The van der Waals surface area contributed by atoms with Gasteiger partial charge in [-0.3, -0.25) is 0 Å². The van der Waals surface area contributed by atoms with Crippen LogP contribution in [0.2, 0.25) is 0 Å². The molecule has 0 aliphatic heterocycles. The van der Waals surface area contributed by atoms with Crippen molar-refractivity contribution >= 4 is 15.9 Å². The number of aliphatic hydroxyl groups is 1. The van der Waals surface area contributed by atoms with Crippen LogP contribution in [-0.4, -0.2) is 12.2 Å². The fourth-order valence-corrected chi connectivity index (χ4v) is 1.30. The third kappa shape index (κ3) is 1.83. The number of rotatable bonds is 2. The summed E-state index contributed by atoms with van der Waals surface area (Å²) in [5, 5.41) is 9.22. The molecule has 0 saturated carbocycles. The maximum Gasteiger partial charge on any atom is 0.182 e. The van der Waals surface area contributed by atoms with Gasteiger partial charge in [0, 0.05) is 12.7 Å². The van der Waals surface area contributed by atoms with Crippen LogP contribution >= 0.6 is 15.9 Å². The zero-order valence-corrected chi connectivity index (χ0v) is 8.01. The number of benzene rings is 1. The van der Waals surface area contributed by atoms with Crippen LogP contribution < -0.4 is 0 Å². The topological polar surface area (TPSA) is 29.5 Å². The summed E-state index contributed by atoms with van der Waals surface area (Å²) in [6.07, 6.45) is -1.09. The zero-order chi connectivity index (χ0) is 9.14. The molecule has 0 saturated heterocycles. The first-order chi connectivity index (χ1) is 5.66. The van der Waals surface area contributed by atoms with E-state index < -0.39 is 12.1 Å². The summed E-state index contributed by atoms with van der Waals surface area (Å²) in [6, 6.07) is 4.40. The molecule has 0 fully saturated rings. The third-order valence-corrected chi connectivity index (χ3v) is 2.31. The van der Waals surface area contributed by atoms with Gasteiger partial charge in [0.05, 0.1) is 4.47 Å². The number of hydrogen-bond donors (Lipinski definition) is 1. The molecule has 1 atom stereocenters. The maximum atomic E-state index is 12.9. The monoisotopic (exact) mass is 234 g/mol. The molecule has 0 aromatic heterocycles. The predicted molar refractivity (Wildman–Crippen MR) is 46.1 cm³/mol. The Labute approximate surface area is 78.1 Å². The van der Waals surface area contributed by atoms with Crippen molar-refractivity contribution in [3.63, 3.8) is 0 Å². The van der Waals surface area contributed by atoms with Crippen LogP contribution in [0.5, 0.6) is 0 Å². The van der Waals surface area contributed by atoms with E-state index in [1.54, 1.807) is 6.07 Å². The van der Waals surface area contributed by atoms with Gasteiger partial charge in [0.1, 0.15) is 5.82 Å². The van der Waals surface area contributed by atoms with E-state index in [4.69, 9.17) is 0 Å². The van der Waals surface area contributed by atoms with Crippen LogP contribution in [0.25, 0.3) is 0 Å². The number of halogens is 2. The predicted octanol–water partition coefficient (Wildman–Crippen LogP) is 2.23. The van der Waals surface area contributed by atoms with E-state index >= 15 is 0 Å². The minimum atomic E-state index is -1.09. The normalized spacial score (nSPS) is 13.0. The molecule has 1 aromatic rings. The molecule has 66 valence electrons. The Bertz CT molecular complexity index is 278. The van der Waals surface area contributed by atoms with Crippen molar-refractivity contribution in [3.8, 4) is 0 Å². The van der Waals surface area contributed by atoms with Gasteiger partial charge in [0.25, 0.3) is 0 Å². The van der Waals surface area contributed by atoms with Gasteiger partial charge < -0.3 is 9.84 Å². The second-order valence-electron chi connectivity index (χ2n) is 2.23. The molecule has 1 unspecified atom stereocenters. The van der Waals surface area contributed by atoms with Gasteiger partial charge in [-0.2, -0.15) is 0 Å². The largest absolute Gasteiger partial charge is 0.364 e. The molecule has 0 bridgehead atoms. The number of methoxy groups -OCH3 is 1. The van der Waals surface area contributed by atoms with Crippen molar-refractivity contribution in [2.75, 3.05) is 7.11 Å². The molecule has 0 aliphatic carbocycles. The fraction of sp³-hybridized carbons (Fsp3) is 0.250. The lowest BCUT2D eigenvalue weighted by molar-refractivity contribution is -0.0776. The molecule has 1 N–H and O–H groups in total. The average Bonchev–Trinajstić information content (AvgIpc) is 2.08. The van der Waals surface area contributed by atoms with Gasteiger partial charge in [-0.15, -0.1) is 0 Å². The Kier molecular flexibility index (Phi) is 3.20. The summed E-state index contributed by atoms with van der Waals surface area (Å²) in [5.74, 6) is -0.413. The standard InChI is InChI=1S/C8H8BrFO2/c1-12-8(11)5-3-2-4-6(10)7(5)9/h2-4,8,11H,1H3. The highest BCUT2D eigenvalue weighted by molar-refractivity contribution is 9.10. The Morgan fingerprint density at radius 1 is 1.58 bits per heavy atom. The lowest BCUT2D eigenvalue weighted by Crippen LogP contribution is -2.01. The maximum absolute atomic E-state index is 12.9.